The van der Waals surface area contributed by atoms with Crippen molar-refractivity contribution in [3.05, 3.63) is 58.1 Å². The summed E-state index contributed by atoms with van der Waals surface area (Å²) < 4.78 is 5.29. The Bertz CT molecular complexity index is 796. The van der Waals surface area contributed by atoms with Crippen LogP contribution in [-0.4, -0.2) is 16.9 Å². The third kappa shape index (κ3) is 5.52. The van der Waals surface area contributed by atoms with E-state index in [1.54, 1.807) is 0 Å². The molecule has 0 bridgehead atoms. The summed E-state index contributed by atoms with van der Waals surface area (Å²) in [6.45, 7) is 2.16. The predicted octanol–water partition coefficient (Wildman–Crippen LogP) is 4.03. The van der Waals surface area contributed by atoms with E-state index in [-0.39, 0.29) is 24.9 Å². The average molecular weight is 370 g/mol. The fourth-order valence-electron chi connectivity index (χ4n) is 2.77. The summed E-state index contributed by atoms with van der Waals surface area (Å²) in [6, 6.07) is 7.65. The standard InChI is InChI=1S/C20H22N2O3S/c1-14-6-8-16(9-7-14)21-18(23)11-19-22-17(13-26-19)12-25-20(24)10-15-4-2-3-5-15/h2,4,6-9,13,15H,3,5,10-12H2,1H3,(H,21,23)/t15-/m0/s1. The molecule has 0 saturated carbocycles. The van der Waals surface area contributed by atoms with Crippen molar-refractivity contribution in [1.29, 1.82) is 0 Å². The Morgan fingerprint density at radius 3 is 2.85 bits per heavy atom. The van der Waals surface area contributed by atoms with E-state index in [4.69, 9.17) is 4.74 Å². The second-order valence-electron chi connectivity index (χ2n) is 6.45. The summed E-state index contributed by atoms with van der Waals surface area (Å²) in [5, 5.41) is 5.39. The second kappa shape index (κ2) is 8.76. The van der Waals surface area contributed by atoms with Crippen molar-refractivity contribution in [2.45, 2.75) is 39.2 Å². The number of hydrogen-bond donors (Lipinski definition) is 1. The van der Waals surface area contributed by atoms with Gasteiger partial charge in [0.15, 0.2) is 0 Å². The Balaban J connectivity index is 1.43. The normalized spacial score (nSPS) is 15.8. The Morgan fingerprint density at radius 1 is 1.31 bits per heavy atom. The molecule has 0 unspecified atom stereocenters. The molecule has 1 aromatic heterocycles. The van der Waals surface area contributed by atoms with Crippen molar-refractivity contribution in [2.75, 3.05) is 5.32 Å². The first kappa shape index (κ1) is 18.3. The van der Waals surface area contributed by atoms with Crippen molar-refractivity contribution >= 4 is 28.9 Å². The molecule has 0 saturated heterocycles. The molecule has 1 atom stereocenters. The number of ether oxygens (including phenoxy) is 1. The number of aryl methyl sites for hydroxylation is 1. The third-order valence-electron chi connectivity index (χ3n) is 4.17. The maximum Gasteiger partial charge on any atom is 0.306 e. The highest BCUT2D eigenvalue weighted by Crippen LogP contribution is 2.21. The molecule has 1 aromatic carbocycles. The van der Waals surface area contributed by atoms with Crippen LogP contribution in [0.2, 0.25) is 0 Å². The van der Waals surface area contributed by atoms with Crippen LogP contribution >= 0.6 is 11.3 Å². The van der Waals surface area contributed by atoms with Gasteiger partial charge in [0.1, 0.15) is 11.6 Å². The van der Waals surface area contributed by atoms with Gasteiger partial charge >= 0.3 is 5.97 Å². The van der Waals surface area contributed by atoms with Crippen LogP contribution in [0.15, 0.2) is 41.8 Å². The minimum absolute atomic E-state index is 0.111. The molecule has 1 N–H and O–H groups in total. The van der Waals surface area contributed by atoms with Crippen LogP contribution in [0.5, 0.6) is 0 Å². The number of allylic oxidation sites excluding steroid dienone is 2. The van der Waals surface area contributed by atoms with Gasteiger partial charge < -0.3 is 10.1 Å². The van der Waals surface area contributed by atoms with E-state index < -0.39 is 0 Å². The highest BCUT2D eigenvalue weighted by Gasteiger charge is 2.15. The molecule has 1 aliphatic rings. The molecule has 0 aliphatic heterocycles. The van der Waals surface area contributed by atoms with Gasteiger partial charge in [-0.15, -0.1) is 11.3 Å². The minimum Gasteiger partial charge on any atom is -0.459 e. The number of carbonyl (C=O) groups is 2. The van der Waals surface area contributed by atoms with Gasteiger partial charge in [0.05, 0.1) is 18.5 Å². The number of hydrogen-bond acceptors (Lipinski definition) is 5. The van der Waals surface area contributed by atoms with Crippen molar-refractivity contribution < 1.29 is 14.3 Å². The SMILES string of the molecule is Cc1ccc(NC(=O)Cc2nc(COC(=O)C[C@H]3C=CCC3)cs2)cc1. The fraction of sp³-hybridized carbons (Fsp3) is 0.350. The number of carbonyl (C=O) groups excluding carboxylic acids is 2. The number of rotatable bonds is 7. The zero-order valence-electron chi connectivity index (χ0n) is 14.7. The molecular weight excluding hydrogens is 348 g/mol. The van der Waals surface area contributed by atoms with Gasteiger partial charge in [0.2, 0.25) is 5.91 Å². The molecular formula is C20H22N2O3S. The van der Waals surface area contributed by atoms with Crippen LogP contribution in [-0.2, 0) is 27.4 Å². The van der Waals surface area contributed by atoms with Crippen LogP contribution in [0.25, 0.3) is 0 Å². The van der Waals surface area contributed by atoms with Gasteiger partial charge in [0.25, 0.3) is 0 Å². The molecule has 1 aliphatic carbocycles. The van der Waals surface area contributed by atoms with Crippen LogP contribution < -0.4 is 5.32 Å². The molecule has 136 valence electrons. The molecule has 0 radical (unpaired) electrons. The molecule has 0 fully saturated rings. The number of aromatic nitrogens is 1. The molecule has 1 heterocycles. The van der Waals surface area contributed by atoms with E-state index in [9.17, 15) is 9.59 Å². The van der Waals surface area contributed by atoms with Crippen LogP contribution in [0.3, 0.4) is 0 Å². The summed E-state index contributed by atoms with van der Waals surface area (Å²) >= 11 is 1.40. The zero-order chi connectivity index (χ0) is 18.4. The summed E-state index contributed by atoms with van der Waals surface area (Å²) in [5.41, 5.74) is 2.60. The lowest BCUT2D eigenvalue weighted by atomic mass is 10.1. The van der Waals surface area contributed by atoms with E-state index in [0.29, 0.717) is 23.0 Å². The molecule has 3 rings (SSSR count). The van der Waals surface area contributed by atoms with Gasteiger partial charge in [-0.25, -0.2) is 4.98 Å². The van der Waals surface area contributed by atoms with E-state index in [1.807, 2.05) is 36.6 Å². The van der Waals surface area contributed by atoms with Crippen LogP contribution in [0.1, 0.15) is 35.5 Å². The topological polar surface area (TPSA) is 68.3 Å². The van der Waals surface area contributed by atoms with E-state index in [2.05, 4.69) is 22.5 Å². The smallest absolute Gasteiger partial charge is 0.306 e. The fourth-order valence-corrected chi connectivity index (χ4v) is 3.55. The molecule has 1 amide bonds. The Labute approximate surface area is 157 Å². The lowest BCUT2D eigenvalue weighted by molar-refractivity contribution is -0.145. The van der Waals surface area contributed by atoms with Crippen molar-refractivity contribution in [3.8, 4) is 0 Å². The summed E-state index contributed by atoms with van der Waals surface area (Å²) in [7, 11) is 0. The van der Waals surface area contributed by atoms with Crippen molar-refractivity contribution in [1.82, 2.24) is 4.98 Å². The van der Waals surface area contributed by atoms with Crippen molar-refractivity contribution in [2.24, 2.45) is 5.92 Å². The van der Waals surface area contributed by atoms with Gasteiger partial charge in [0, 0.05) is 11.1 Å². The maximum atomic E-state index is 12.1. The van der Waals surface area contributed by atoms with Gasteiger partial charge in [-0.1, -0.05) is 29.8 Å². The molecule has 26 heavy (non-hydrogen) atoms. The Kier molecular flexibility index (Phi) is 6.17. The molecule has 0 spiro atoms. The lowest BCUT2D eigenvalue weighted by Gasteiger charge is -2.07. The number of nitrogens with one attached hydrogen (secondary N) is 1. The highest BCUT2D eigenvalue weighted by atomic mass is 32.1. The maximum absolute atomic E-state index is 12.1. The quantitative estimate of drug-likeness (QED) is 0.590. The monoisotopic (exact) mass is 370 g/mol. The van der Waals surface area contributed by atoms with Gasteiger partial charge in [-0.3, -0.25) is 9.59 Å². The predicted molar refractivity (Wildman–Crippen MR) is 102 cm³/mol. The number of anilines is 1. The Morgan fingerprint density at radius 2 is 2.12 bits per heavy atom. The minimum atomic E-state index is -0.201. The lowest BCUT2D eigenvalue weighted by Crippen LogP contribution is -2.14. The number of nitrogens with zero attached hydrogens (tertiary/aromatic N) is 1. The zero-order valence-corrected chi connectivity index (χ0v) is 15.6. The Hall–Kier alpha value is -2.47. The first-order valence-electron chi connectivity index (χ1n) is 8.70. The van der Waals surface area contributed by atoms with Crippen LogP contribution in [0, 0.1) is 12.8 Å². The third-order valence-corrected chi connectivity index (χ3v) is 5.07. The summed E-state index contributed by atoms with van der Waals surface area (Å²) in [4.78, 5) is 28.3. The number of thiazole rings is 1. The average Bonchev–Trinajstić information content (AvgIpc) is 3.27. The highest BCUT2D eigenvalue weighted by molar-refractivity contribution is 7.09. The van der Waals surface area contributed by atoms with E-state index in [0.717, 1.165) is 24.1 Å². The first-order chi connectivity index (χ1) is 12.6. The molecule has 2 aromatic rings. The van der Waals surface area contributed by atoms with Crippen molar-refractivity contribution in [3.63, 3.8) is 0 Å². The number of esters is 1. The van der Waals surface area contributed by atoms with E-state index in [1.165, 1.54) is 11.3 Å². The molecule has 6 heteroatoms. The van der Waals surface area contributed by atoms with Gasteiger partial charge in [-0.2, -0.15) is 0 Å². The van der Waals surface area contributed by atoms with Crippen LogP contribution in [0.4, 0.5) is 5.69 Å². The summed E-state index contributed by atoms with van der Waals surface area (Å²) in [6.07, 6.45) is 6.87. The number of amides is 1. The number of benzene rings is 1. The van der Waals surface area contributed by atoms with E-state index >= 15 is 0 Å². The second-order valence-corrected chi connectivity index (χ2v) is 7.40. The largest absolute Gasteiger partial charge is 0.459 e. The molecule has 5 nitrogen and oxygen atoms in total. The summed E-state index contributed by atoms with van der Waals surface area (Å²) in [5.74, 6) is -0.00746. The van der Waals surface area contributed by atoms with Gasteiger partial charge in [-0.05, 0) is 37.8 Å². The first-order valence-corrected chi connectivity index (χ1v) is 9.58.